The Balaban J connectivity index is 1.23. The molecule has 1 unspecified atom stereocenters. The molecule has 1 aromatic heterocycles. The molecule has 3 aromatic rings. The van der Waals surface area contributed by atoms with Crippen LogP contribution >= 0.6 is 0 Å². The molecule has 0 spiro atoms. The predicted octanol–water partition coefficient (Wildman–Crippen LogP) is 2.03. The standard InChI is InChI=1S/C26H26FN7O2/c1-17-12-18(14-28)13-22(27)26(17)34-31-25-23(16-36-34)29-30-24(25)19-2-4-20(5-3-19)32-7-9-33(10-8-32)21-6-11-35-15-21/h2-5,12-13,16,21,29H,6-11,15H2,1H3. The van der Waals surface area contributed by atoms with Crippen molar-refractivity contribution in [3.05, 3.63) is 64.0 Å². The summed E-state index contributed by atoms with van der Waals surface area (Å²) >= 11 is 0. The highest BCUT2D eigenvalue weighted by Crippen LogP contribution is 2.27. The molecule has 6 rings (SSSR count). The molecule has 1 atom stereocenters. The van der Waals surface area contributed by atoms with Crippen LogP contribution in [0, 0.1) is 24.1 Å². The van der Waals surface area contributed by atoms with E-state index in [0.717, 1.165) is 56.5 Å². The van der Waals surface area contributed by atoms with E-state index in [4.69, 9.17) is 14.8 Å². The lowest BCUT2D eigenvalue weighted by atomic mass is 10.1. The molecule has 4 heterocycles. The second-order valence-corrected chi connectivity index (χ2v) is 9.25. The average Bonchev–Trinajstić information content (AvgIpc) is 3.59. The van der Waals surface area contributed by atoms with Crippen LogP contribution in [0.15, 0.2) is 41.5 Å². The summed E-state index contributed by atoms with van der Waals surface area (Å²) in [5, 5.41) is 23.3. The van der Waals surface area contributed by atoms with Crippen LogP contribution in [0.5, 0.6) is 0 Å². The molecule has 2 saturated heterocycles. The van der Waals surface area contributed by atoms with Gasteiger partial charge in [-0.15, -0.1) is 5.10 Å². The molecule has 3 aliphatic heterocycles. The number of aromatic nitrogens is 2. The topological polar surface area (TPSA) is 93.0 Å². The summed E-state index contributed by atoms with van der Waals surface area (Å²) in [6.07, 6.45) is 2.59. The number of piperazine rings is 1. The summed E-state index contributed by atoms with van der Waals surface area (Å²) in [6.45, 7) is 7.49. The number of rotatable bonds is 4. The zero-order chi connectivity index (χ0) is 24.6. The van der Waals surface area contributed by atoms with Crippen molar-refractivity contribution in [2.75, 3.05) is 49.5 Å². The van der Waals surface area contributed by atoms with Gasteiger partial charge in [-0.25, -0.2) is 4.39 Å². The highest BCUT2D eigenvalue weighted by molar-refractivity contribution is 5.64. The Morgan fingerprint density at radius 3 is 2.64 bits per heavy atom. The first kappa shape index (κ1) is 22.5. The molecule has 36 heavy (non-hydrogen) atoms. The molecular formula is C26H26FN7O2. The van der Waals surface area contributed by atoms with Gasteiger partial charge in [0.2, 0.25) is 0 Å². The third-order valence-electron chi connectivity index (χ3n) is 7.05. The maximum absolute atomic E-state index is 14.8. The van der Waals surface area contributed by atoms with E-state index in [2.05, 4.69) is 37.2 Å². The molecule has 3 aliphatic rings. The number of nitrogens with one attached hydrogen (secondary N) is 1. The average molecular weight is 488 g/mol. The van der Waals surface area contributed by atoms with E-state index >= 15 is 0 Å². The van der Waals surface area contributed by atoms with Gasteiger partial charge in [0.25, 0.3) is 0 Å². The SMILES string of the molecule is Cc1cc(C#N)cc(F)c1N1N=c2c(-c3ccc(N4CCN(C5CCOC5)CC4)cc3)n[nH]c2=CO1. The first-order valence-corrected chi connectivity index (χ1v) is 12.1. The molecule has 1 N–H and O–H groups in total. The highest BCUT2D eigenvalue weighted by Gasteiger charge is 2.27. The van der Waals surface area contributed by atoms with Gasteiger partial charge in [-0.1, -0.05) is 17.3 Å². The number of ether oxygens (including phenoxy) is 1. The van der Waals surface area contributed by atoms with Gasteiger partial charge in [-0.3, -0.25) is 10.00 Å². The quantitative estimate of drug-likeness (QED) is 0.602. The van der Waals surface area contributed by atoms with E-state index < -0.39 is 5.82 Å². The van der Waals surface area contributed by atoms with E-state index in [-0.39, 0.29) is 11.3 Å². The minimum atomic E-state index is -0.581. The summed E-state index contributed by atoms with van der Waals surface area (Å²) in [4.78, 5) is 10.5. The van der Waals surface area contributed by atoms with Crippen molar-refractivity contribution in [2.45, 2.75) is 19.4 Å². The number of halogens is 1. The largest absolute Gasteiger partial charge is 0.380 e. The van der Waals surface area contributed by atoms with Gasteiger partial charge in [0.15, 0.2) is 5.82 Å². The number of anilines is 2. The fourth-order valence-electron chi connectivity index (χ4n) is 5.08. The van der Waals surface area contributed by atoms with Crippen molar-refractivity contribution < 1.29 is 14.0 Å². The Morgan fingerprint density at radius 1 is 1.14 bits per heavy atom. The van der Waals surface area contributed by atoms with Gasteiger partial charge in [0, 0.05) is 50.1 Å². The number of aryl methyl sites for hydroxylation is 1. The Bertz CT molecular complexity index is 1410. The van der Waals surface area contributed by atoms with Crippen LogP contribution in [0.1, 0.15) is 17.5 Å². The summed E-state index contributed by atoms with van der Waals surface area (Å²) in [5.74, 6) is -0.581. The lowest BCUT2D eigenvalue weighted by Gasteiger charge is -2.38. The van der Waals surface area contributed by atoms with Crippen LogP contribution in [0.4, 0.5) is 15.8 Å². The molecule has 184 valence electrons. The number of hydrogen-bond acceptors (Lipinski definition) is 8. The minimum absolute atomic E-state index is 0.154. The molecule has 2 fully saturated rings. The molecule has 0 aliphatic carbocycles. The number of hydrogen-bond donors (Lipinski definition) is 1. The van der Waals surface area contributed by atoms with E-state index in [0.29, 0.717) is 28.0 Å². The molecule has 2 aromatic carbocycles. The van der Waals surface area contributed by atoms with Crippen LogP contribution in [0.2, 0.25) is 0 Å². The molecule has 0 amide bonds. The number of nitriles is 1. The van der Waals surface area contributed by atoms with Gasteiger partial charge in [-0.05, 0) is 43.2 Å². The number of nitrogens with zero attached hydrogens (tertiary/aromatic N) is 6. The fourth-order valence-corrected chi connectivity index (χ4v) is 5.08. The molecule has 0 radical (unpaired) electrons. The smallest absolute Gasteiger partial charge is 0.153 e. The molecular weight excluding hydrogens is 461 g/mol. The number of benzene rings is 2. The second kappa shape index (κ2) is 9.26. The summed E-state index contributed by atoms with van der Waals surface area (Å²) in [6, 6.07) is 13.6. The first-order chi connectivity index (χ1) is 17.6. The van der Waals surface area contributed by atoms with Gasteiger partial charge >= 0.3 is 0 Å². The van der Waals surface area contributed by atoms with Crippen molar-refractivity contribution in [1.82, 2.24) is 15.1 Å². The fraction of sp³-hybridized carbons (Fsp3) is 0.346. The number of fused-ring (bicyclic) bond motifs is 1. The maximum Gasteiger partial charge on any atom is 0.153 e. The molecule has 0 bridgehead atoms. The van der Waals surface area contributed by atoms with Crippen molar-refractivity contribution in [1.29, 1.82) is 5.26 Å². The zero-order valence-electron chi connectivity index (χ0n) is 19.9. The normalized spacial score (nSPS) is 19.8. The summed E-state index contributed by atoms with van der Waals surface area (Å²) in [7, 11) is 0. The van der Waals surface area contributed by atoms with E-state index in [1.165, 1.54) is 18.0 Å². The molecule has 9 nitrogen and oxygen atoms in total. The van der Waals surface area contributed by atoms with Gasteiger partial charge in [0.1, 0.15) is 28.3 Å². The number of H-pyrrole nitrogens is 1. The summed E-state index contributed by atoms with van der Waals surface area (Å²) < 4.78 is 20.3. The Hall–Kier alpha value is -3.94. The van der Waals surface area contributed by atoms with Crippen LogP contribution in [0.3, 0.4) is 0 Å². The highest BCUT2D eigenvalue weighted by atomic mass is 19.1. The van der Waals surface area contributed by atoms with Gasteiger partial charge < -0.3 is 14.5 Å². The second-order valence-electron chi connectivity index (χ2n) is 9.25. The molecule has 10 heteroatoms. The van der Waals surface area contributed by atoms with Gasteiger partial charge in [-0.2, -0.15) is 10.4 Å². The third kappa shape index (κ3) is 4.06. The Morgan fingerprint density at radius 2 is 1.94 bits per heavy atom. The lowest BCUT2D eigenvalue weighted by Crippen LogP contribution is -2.50. The predicted molar refractivity (Wildman–Crippen MR) is 132 cm³/mol. The third-order valence-corrected chi connectivity index (χ3v) is 7.05. The van der Waals surface area contributed by atoms with Crippen LogP contribution in [-0.4, -0.2) is 60.5 Å². The monoisotopic (exact) mass is 487 g/mol. The van der Waals surface area contributed by atoms with Crippen molar-refractivity contribution >= 4 is 17.6 Å². The minimum Gasteiger partial charge on any atom is -0.380 e. The first-order valence-electron chi connectivity index (χ1n) is 12.1. The van der Waals surface area contributed by atoms with Crippen LogP contribution < -0.4 is 20.8 Å². The van der Waals surface area contributed by atoms with Crippen molar-refractivity contribution in [2.24, 2.45) is 5.10 Å². The Labute approximate surface area is 207 Å². The maximum atomic E-state index is 14.8. The van der Waals surface area contributed by atoms with Gasteiger partial charge in [0.05, 0.1) is 18.2 Å². The van der Waals surface area contributed by atoms with E-state index in [1.807, 2.05) is 18.2 Å². The number of aromatic amines is 1. The van der Waals surface area contributed by atoms with Crippen LogP contribution in [0.25, 0.3) is 17.5 Å². The molecule has 0 saturated carbocycles. The Kier molecular flexibility index (Phi) is 5.79. The van der Waals surface area contributed by atoms with E-state index in [9.17, 15) is 4.39 Å². The van der Waals surface area contributed by atoms with Crippen molar-refractivity contribution in [3.63, 3.8) is 0 Å². The zero-order valence-corrected chi connectivity index (χ0v) is 19.9. The lowest BCUT2D eigenvalue weighted by molar-refractivity contribution is 0.139. The van der Waals surface area contributed by atoms with E-state index in [1.54, 1.807) is 13.0 Å². The summed E-state index contributed by atoms with van der Waals surface area (Å²) in [5.41, 5.74) is 3.67. The van der Waals surface area contributed by atoms with Crippen LogP contribution in [-0.2, 0) is 9.57 Å². The van der Waals surface area contributed by atoms with Crippen molar-refractivity contribution in [3.8, 4) is 17.3 Å².